The molecule has 4 rings (SSSR count). The molecule has 1 saturated heterocycles. The molecule has 2 aromatic heterocycles. The Morgan fingerprint density at radius 2 is 2.32 bits per heavy atom. The van der Waals surface area contributed by atoms with Crippen LogP contribution in [-0.4, -0.2) is 42.3 Å². The van der Waals surface area contributed by atoms with E-state index in [0.29, 0.717) is 5.92 Å². The normalized spacial score (nSPS) is 20.1. The highest BCUT2D eigenvalue weighted by atomic mass is 32.1. The number of amides is 1. The lowest BCUT2D eigenvalue weighted by Gasteiger charge is -2.27. The van der Waals surface area contributed by atoms with Crippen molar-refractivity contribution < 1.29 is 14.1 Å². The number of ether oxygens (including phenoxy) is 1. The summed E-state index contributed by atoms with van der Waals surface area (Å²) in [5, 5.41) is 9.21. The van der Waals surface area contributed by atoms with Crippen molar-refractivity contribution in [3.63, 3.8) is 0 Å². The number of aromatic nitrogens is 1. The van der Waals surface area contributed by atoms with Gasteiger partial charge in [0.25, 0.3) is 5.91 Å². The highest BCUT2D eigenvalue weighted by Gasteiger charge is 2.25. The van der Waals surface area contributed by atoms with Crippen LogP contribution in [0.1, 0.15) is 57.1 Å². The summed E-state index contributed by atoms with van der Waals surface area (Å²) in [6.07, 6.45) is 4.27. The SMILES string of the molecule is Cc1noc(C)c1CN1CCc2c(C(=O)NCCC3CCCOC3)csc2C1. The summed E-state index contributed by atoms with van der Waals surface area (Å²) in [5.41, 5.74) is 4.26. The van der Waals surface area contributed by atoms with Crippen LogP contribution in [0.5, 0.6) is 0 Å². The zero-order valence-electron chi connectivity index (χ0n) is 16.8. The molecule has 0 aromatic carbocycles. The number of nitrogens with one attached hydrogen (secondary N) is 1. The Morgan fingerprint density at radius 3 is 3.07 bits per heavy atom. The average Bonchev–Trinajstić information content (AvgIpc) is 3.27. The monoisotopic (exact) mass is 403 g/mol. The Morgan fingerprint density at radius 1 is 1.43 bits per heavy atom. The van der Waals surface area contributed by atoms with Crippen molar-refractivity contribution in [3.05, 3.63) is 38.4 Å². The minimum Gasteiger partial charge on any atom is -0.381 e. The molecule has 152 valence electrons. The fraction of sp³-hybridized carbons (Fsp3) is 0.619. The number of carbonyl (C=O) groups excluding carboxylic acids is 1. The lowest BCUT2D eigenvalue weighted by molar-refractivity contribution is 0.0514. The number of fused-ring (bicyclic) bond motifs is 1. The second-order valence-corrected chi connectivity index (χ2v) is 8.91. The van der Waals surface area contributed by atoms with Crippen LogP contribution in [0.2, 0.25) is 0 Å². The van der Waals surface area contributed by atoms with Gasteiger partial charge in [-0.15, -0.1) is 11.3 Å². The Labute approximate surface area is 170 Å². The number of aryl methyl sites for hydroxylation is 2. The van der Waals surface area contributed by atoms with Gasteiger partial charge in [0.05, 0.1) is 11.3 Å². The van der Waals surface area contributed by atoms with Crippen LogP contribution >= 0.6 is 11.3 Å². The second-order valence-electron chi connectivity index (χ2n) is 7.94. The summed E-state index contributed by atoms with van der Waals surface area (Å²) in [6, 6.07) is 0. The van der Waals surface area contributed by atoms with Gasteiger partial charge in [-0.05, 0) is 51.0 Å². The smallest absolute Gasteiger partial charge is 0.252 e. The van der Waals surface area contributed by atoms with Crippen molar-refractivity contribution in [3.8, 4) is 0 Å². The molecule has 1 amide bonds. The van der Waals surface area contributed by atoms with Crippen LogP contribution in [0.15, 0.2) is 9.90 Å². The van der Waals surface area contributed by atoms with Crippen molar-refractivity contribution >= 4 is 17.2 Å². The molecule has 0 bridgehead atoms. The fourth-order valence-electron chi connectivity index (χ4n) is 4.18. The molecule has 0 spiro atoms. The first-order valence-corrected chi connectivity index (χ1v) is 11.1. The van der Waals surface area contributed by atoms with Gasteiger partial charge < -0.3 is 14.6 Å². The van der Waals surface area contributed by atoms with Gasteiger partial charge in [0, 0.05) is 55.2 Å². The molecule has 0 radical (unpaired) electrons. The highest BCUT2D eigenvalue weighted by molar-refractivity contribution is 7.10. The van der Waals surface area contributed by atoms with Crippen molar-refractivity contribution in [2.75, 3.05) is 26.3 Å². The summed E-state index contributed by atoms with van der Waals surface area (Å²) in [7, 11) is 0. The average molecular weight is 404 g/mol. The van der Waals surface area contributed by atoms with Gasteiger partial charge in [0.15, 0.2) is 0 Å². The molecule has 1 N–H and O–H groups in total. The molecule has 28 heavy (non-hydrogen) atoms. The molecule has 0 saturated carbocycles. The van der Waals surface area contributed by atoms with E-state index in [1.165, 1.54) is 22.4 Å². The maximum Gasteiger partial charge on any atom is 0.252 e. The molecule has 6 nitrogen and oxygen atoms in total. The quantitative estimate of drug-likeness (QED) is 0.800. The first-order valence-electron chi connectivity index (χ1n) is 10.2. The molecule has 2 aliphatic rings. The van der Waals surface area contributed by atoms with Gasteiger partial charge in [0.1, 0.15) is 5.76 Å². The van der Waals surface area contributed by atoms with Crippen molar-refractivity contribution in [1.29, 1.82) is 0 Å². The van der Waals surface area contributed by atoms with E-state index in [1.807, 2.05) is 19.2 Å². The maximum absolute atomic E-state index is 12.7. The van der Waals surface area contributed by atoms with Crippen LogP contribution < -0.4 is 5.32 Å². The first-order chi connectivity index (χ1) is 13.6. The summed E-state index contributed by atoms with van der Waals surface area (Å²) in [5.74, 6) is 1.56. The van der Waals surface area contributed by atoms with Crippen LogP contribution in [0.4, 0.5) is 0 Å². The lowest BCUT2D eigenvalue weighted by atomic mass is 9.98. The van der Waals surface area contributed by atoms with E-state index in [2.05, 4.69) is 15.4 Å². The van der Waals surface area contributed by atoms with Crippen molar-refractivity contribution in [1.82, 2.24) is 15.4 Å². The first kappa shape index (κ1) is 19.6. The third-order valence-corrected chi connectivity index (χ3v) is 6.94. The summed E-state index contributed by atoms with van der Waals surface area (Å²) < 4.78 is 10.8. The molecule has 1 fully saturated rings. The largest absolute Gasteiger partial charge is 0.381 e. The topological polar surface area (TPSA) is 67.6 Å². The number of hydrogen-bond donors (Lipinski definition) is 1. The third-order valence-electron chi connectivity index (χ3n) is 5.93. The molecule has 0 aliphatic carbocycles. The molecule has 2 aromatic rings. The standard InChI is InChI=1S/C21H29N3O3S/c1-14-18(15(2)27-23-14)10-24-8-6-17-19(13-28-20(17)11-24)21(25)22-7-5-16-4-3-9-26-12-16/h13,16H,3-12H2,1-2H3,(H,22,25). The van der Waals surface area contributed by atoms with Crippen LogP contribution in [0.3, 0.4) is 0 Å². The fourth-order valence-corrected chi connectivity index (χ4v) is 5.30. The Kier molecular flexibility index (Phi) is 6.13. The molecular formula is C21H29N3O3S. The minimum absolute atomic E-state index is 0.0772. The minimum atomic E-state index is 0.0772. The predicted octanol–water partition coefficient (Wildman–Crippen LogP) is 3.46. The van der Waals surface area contributed by atoms with Crippen LogP contribution in [0, 0.1) is 19.8 Å². The van der Waals surface area contributed by atoms with Crippen LogP contribution in [-0.2, 0) is 24.2 Å². The molecule has 7 heteroatoms. The van der Waals surface area contributed by atoms with Gasteiger partial charge in [-0.25, -0.2) is 0 Å². The van der Waals surface area contributed by atoms with Gasteiger partial charge in [-0.2, -0.15) is 0 Å². The second kappa shape index (κ2) is 8.76. The number of hydrogen-bond acceptors (Lipinski definition) is 6. The molecular weight excluding hydrogens is 374 g/mol. The Bertz CT molecular complexity index is 803. The van der Waals surface area contributed by atoms with E-state index >= 15 is 0 Å². The van der Waals surface area contributed by atoms with E-state index in [1.54, 1.807) is 11.3 Å². The van der Waals surface area contributed by atoms with E-state index in [4.69, 9.17) is 9.26 Å². The molecule has 1 unspecified atom stereocenters. The zero-order valence-corrected chi connectivity index (χ0v) is 17.6. The van der Waals surface area contributed by atoms with E-state index < -0.39 is 0 Å². The molecule has 4 heterocycles. The lowest BCUT2D eigenvalue weighted by Crippen LogP contribution is -2.32. The summed E-state index contributed by atoms with van der Waals surface area (Å²) >= 11 is 1.71. The highest BCUT2D eigenvalue weighted by Crippen LogP contribution is 2.30. The number of nitrogens with zero attached hydrogens (tertiary/aromatic N) is 2. The Balaban J connectivity index is 1.32. The van der Waals surface area contributed by atoms with E-state index in [9.17, 15) is 4.79 Å². The van der Waals surface area contributed by atoms with Gasteiger partial charge >= 0.3 is 0 Å². The van der Waals surface area contributed by atoms with Crippen molar-refractivity contribution in [2.45, 2.75) is 52.6 Å². The van der Waals surface area contributed by atoms with Crippen LogP contribution in [0.25, 0.3) is 0 Å². The number of thiophene rings is 1. The summed E-state index contributed by atoms with van der Waals surface area (Å²) in [4.78, 5) is 16.4. The van der Waals surface area contributed by atoms with E-state index in [-0.39, 0.29) is 5.91 Å². The molecule has 2 aliphatic heterocycles. The summed E-state index contributed by atoms with van der Waals surface area (Å²) in [6.45, 7) is 9.11. The van der Waals surface area contributed by atoms with Gasteiger partial charge in [0.2, 0.25) is 0 Å². The molecule has 1 atom stereocenters. The maximum atomic E-state index is 12.7. The third kappa shape index (κ3) is 4.31. The predicted molar refractivity (Wildman–Crippen MR) is 109 cm³/mol. The van der Waals surface area contributed by atoms with E-state index in [0.717, 1.165) is 75.7 Å². The zero-order chi connectivity index (χ0) is 19.5. The number of rotatable bonds is 6. The number of carbonyl (C=O) groups is 1. The van der Waals surface area contributed by atoms with Gasteiger partial charge in [-0.1, -0.05) is 5.16 Å². The van der Waals surface area contributed by atoms with Crippen molar-refractivity contribution in [2.24, 2.45) is 5.92 Å². The van der Waals surface area contributed by atoms with Gasteiger partial charge in [-0.3, -0.25) is 9.69 Å². The Hall–Kier alpha value is -1.70.